The second kappa shape index (κ2) is 4.22. The van der Waals surface area contributed by atoms with E-state index in [1.165, 1.54) is 30.3 Å². The van der Waals surface area contributed by atoms with Crippen molar-refractivity contribution in [3.8, 4) is 0 Å². The molecule has 0 aromatic carbocycles. The zero-order valence-electron chi connectivity index (χ0n) is 8.79. The predicted octanol–water partition coefficient (Wildman–Crippen LogP) is 2.25. The van der Waals surface area contributed by atoms with Crippen LogP contribution in [0.25, 0.3) is 0 Å². The third-order valence-electron chi connectivity index (χ3n) is 2.44. The maximum atomic E-state index is 4.40. The van der Waals surface area contributed by atoms with Crippen LogP contribution in [-0.4, -0.2) is 29.6 Å². The van der Waals surface area contributed by atoms with Crippen molar-refractivity contribution in [3.63, 3.8) is 0 Å². The van der Waals surface area contributed by atoms with E-state index in [2.05, 4.69) is 35.9 Å². The van der Waals surface area contributed by atoms with Crippen molar-refractivity contribution in [3.05, 3.63) is 23.5 Å². The number of aryl methyl sites for hydroxylation is 2. The third-order valence-corrected chi connectivity index (χ3v) is 3.38. The number of aromatic nitrogens is 1. The van der Waals surface area contributed by atoms with Gasteiger partial charge in [-0.15, -0.1) is 0 Å². The van der Waals surface area contributed by atoms with E-state index in [0.717, 1.165) is 11.4 Å². The van der Waals surface area contributed by atoms with Crippen LogP contribution in [0.2, 0.25) is 0 Å². The highest BCUT2D eigenvalue weighted by Gasteiger charge is 2.11. The number of hydrogen-bond acceptors (Lipinski definition) is 3. The summed E-state index contributed by atoms with van der Waals surface area (Å²) in [6.45, 7) is 6.48. The lowest BCUT2D eigenvalue weighted by molar-refractivity contribution is 0.854. The number of hydrogen-bond donors (Lipinski definition) is 0. The molecule has 0 saturated carbocycles. The molecule has 14 heavy (non-hydrogen) atoms. The Hall–Kier alpha value is -0.700. The van der Waals surface area contributed by atoms with Crippen LogP contribution < -0.4 is 4.90 Å². The van der Waals surface area contributed by atoms with Gasteiger partial charge >= 0.3 is 0 Å². The summed E-state index contributed by atoms with van der Waals surface area (Å²) in [5.41, 5.74) is 3.59. The molecule has 0 aliphatic carbocycles. The van der Waals surface area contributed by atoms with Crippen molar-refractivity contribution in [2.24, 2.45) is 0 Å². The first-order valence-electron chi connectivity index (χ1n) is 5.04. The van der Waals surface area contributed by atoms with E-state index in [4.69, 9.17) is 0 Å². The Bertz CT molecular complexity index is 299. The maximum absolute atomic E-state index is 4.40. The minimum Gasteiger partial charge on any atom is -0.370 e. The summed E-state index contributed by atoms with van der Waals surface area (Å²) in [6, 6.07) is 4.37. The van der Waals surface area contributed by atoms with Gasteiger partial charge in [0.25, 0.3) is 0 Å². The van der Waals surface area contributed by atoms with E-state index in [1.54, 1.807) is 0 Å². The van der Waals surface area contributed by atoms with E-state index in [0.29, 0.717) is 0 Å². The minimum absolute atomic E-state index is 1.12. The molecule has 0 radical (unpaired) electrons. The molecule has 1 aliphatic heterocycles. The predicted molar refractivity (Wildman–Crippen MR) is 63.2 cm³/mol. The van der Waals surface area contributed by atoms with Crippen LogP contribution in [0.3, 0.4) is 0 Å². The largest absolute Gasteiger partial charge is 0.370 e. The van der Waals surface area contributed by atoms with E-state index >= 15 is 0 Å². The van der Waals surface area contributed by atoms with Gasteiger partial charge in [-0.25, -0.2) is 0 Å². The van der Waals surface area contributed by atoms with Gasteiger partial charge in [0.2, 0.25) is 0 Å². The molecule has 1 fully saturated rings. The summed E-state index contributed by atoms with van der Waals surface area (Å²) >= 11 is 2.04. The molecule has 1 saturated heterocycles. The molecule has 1 aromatic rings. The lowest BCUT2D eigenvalue weighted by atomic mass is 10.2. The molecule has 2 heterocycles. The van der Waals surface area contributed by atoms with Gasteiger partial charge < -0.3 is 4.90 Å². The quantitative estimate of drug-likeness (QED) is 0.704. The second-order valence-corrected chi connectivity index (χ2v) is 4.93. The van der Waals surface area contributed by atoms with Gasteiger partial charge in [0.15, 0.2) is 0 Å². The van der Waals surface area contributed by atoms with Crippen LogP contribution >= 0.6 is 11.8 Å². The molecule has 1 aliphatic rings. The van der Waals surface area contributed by atoms with E-state index < -0.39 is 0 Å². The fourth-order valence-electron chi connectivity index (χ4n) is 1.82. The maximum Gasteiger partial charge on any atom is 0.0403 e. The monoisotopic (exact) mass is 208 g/mol. The Kier molecular flexibility index (Phi) is 2.96. The molecule has 0 bridgehead atoms. The number of pyridine rings is 1. The molecule has 0 N–H and O–H groups in total. The van der Waals surface area contributed by atoms with Crippen LogP contribution in [0, 0.1) is 13.8 Å². The summed E-state index contributed by atoms with van der Waals surface area (Å²) in [5.74, 6) is 2.50. The molecule has 76 valence electrons. The van der Waals surface area contributed by atoms with Crippen molar-refractivity contribution >= 4 is 17.4 Å². The lowest BCUT2D eigenvalue weighted by Crippen LogP contribution is -2.32. The zero-order chi connectivity index (χ0) is 9.97. The van der Waals surface area contributed by atoms with Crippen LogP contribution in [0.1, 0.15) is 11.4 Å². The van der Waals surface area contributed by atoms with Gasteiger partial charge in [0.1, 0.15) is 0 Å². The summed E-state index contributed by atoms with van der Waals surface area (Å²) in [4.78, 5) is 6.85. The molecule has 2 rings (SSSR count). The van der Waals surface area contributed by atoms with Gasteiger partial charge in [-0.2, -0.15) is 11.8 Å². The van der Waals surface area contributed by atoms with Gasteiger partial charge in [-0.05, 0) is 26.0 Å². The summed E-state index contributed by atoms with van der Waals surface area (Å²) in [7, 11) is 0. The lowest BCUT2D eigenvalue weighted by Gasteiger charge is -2.28. The van der Waals surface area contributed by atoms with Gasteiger partial charge in [0.05, 0.1) is 0 Å². The summed E-state index contributed by atoms with van der Waals surface area (Å²) in [6.07, 6.45) is 0. The Morgan fingerprint density at radius 3 is 2.29 bits per heavy atom. The molecule has 3 heteroatoms. The highest BCUT2D eigenvalue weighted by molar-refractivity contribution is 7.99. The SMILES string of the molecule is Cc1cc(N2CCSCC2)cc(C)n1. The van der Waals surface area contributed by atoms with E-state index in [1.807, 2.05) is 11.8 Å². The van der Waals surface area contributed by atoms with Gasteiger partial charge in [-0.3, -0.25) is 4.98 Å². The highest BCUT2D eigenvalue weighted by atomic mass is 32.2. The second-order valence-electron chi connectivity index (χ2n) is 3.71. The van der Waals surface area contributed by atoms with Crippen LogP contribution in [-0.2, 0) is 0 Å². The molecule has 0 amide bonds. The fourth-order valence-corrected chi connectivity index (χ4v) is 2.72. The van der Waals surface area contributed by atoms with Crippen molar-refractivity contribution in [1.29, 1.82) is 0 Å². The third kappa shape index (κ3) is 2.21. The first-order chi connectivity index (χ1) is 6.75. The van der Waals surface area contributed by atoms with Crippen molar-refractivity contribution in [2.45, 2.75) is 13.8 Å². The standard InChI is InChI=1S/C11H16N2S/c1-9-7-11(8-10(2)12-9)13-3-5-14-6-4-13/h7-8H,3-6H2,1-2H3. The first kappa shape index (κ1) is 9.84. The van der Waals surface area contributed by atoms with Crippen molar-refractivity contribution in [2.75, 3.05) is 29.5 Å². The molecule has 0 unspecified atom stereocenters. The zero-order valence-corrected chi connectivity index (χ0v) is 9.60. The van der Waals surface area contributed by atoms with Crippen LogP contribution in [0.15, 0.2) is 12.1 Å². The van der Waals surface area contributed by atoms with E-state index in [-0.39, 0.29) is 0 Å². The van der Waals surface area contributed by atoms with Gasteiger partial charge in [-0.1, -0.05) is 0 Å². The topological polar surface area (TPSA) is 16.1 Å². The Labute approximate surface area is 89.7 Å². The Morgan fingerprint density at radius 1 is 1.14 bits per heavy atom. The molecule has 0 spiro atoms. The summed E-state index contributed by atoms with van der Waals surface area (Å²) < 4.78 is 0. The molecule has 0 atom stereocenters. The Balaban J connectivity index is 2.21. The highest BCUT2D eigenvalue weighted by Crippen LogP contribution is 2.20. The Morgan fingerprint density at radius 2 is 1.71 bits per heavy atom. The molecule has 1 aromatic heterocycles. The first-order valence-corrected chi connectivity index (χ1v) is 6.19. The normalized spacial score (nSPS) is 17.1. The van der Waals surface area contributed by atoms with Crippen LogP contribution in [0.5, 0.6) is 0 Å². The fraction of sp³-hybridized carbons (Fsp3) is 0.545. The smallest absolute Gasteiger partial charge is 0.0403 e. The average Bonchev–Trinajstić information content (AvgIpc) is 2.18. The van der Waals surface area contributed by atoms with Crippen molar-refractivity contribution < 1.29 is 0 Å². The number of rotatable bonds is 1. The van der Waals surface area contributed by atoms with Gasteiger partial charge in [0, 0.05) is 41.7 Å². The minimum atomic E-state index is 1.12. The average molecular weight is 208 g/mol. The number of nitrogens with zero attached hydrogens (tertiary/aromatic N) is 2. The van der Waals surface area contributed by atoms with Crippen LogP contribution in [0.4, 0.5) is 5.69 Å². The number of anilines is 1. The molecule has 2 nitrogen and oxygen atoms in total. The number of thioether (sulfide) groups is 1. The van der Waals surface area contributed by atoms with Crippen molar-refractivity contribution in [1.82, 2.24) is 4.98 Å². The van der Waals surface area contributed by atoms with E-state index in [9.17, 15) is 0 Å². The molecular weight excluding hydrogens is 192 g/mol. The summed E-state index contributed by atoms with van der Waals surface area (Å²) in [5, 5.41) is 0. The molecular formula is C11H16N2S.